The normalized spacial score (nSPS) is 12.4. The second-order valence-corrected chi connectivity index (χ2v) is 14.4. The molecule has 0 amide bonds. The highest BCUT2D eigenvalue weighted by molar-refractivity contribution is 6.01. The van der Waals surface area contributed by atoms with Gasteiger partial charge >= 0.3 is 0 Å². The first kappa shape index (κ1) is 30.4. The average Bonchev–Trinajstić information content (AvgIpc) is 3.51. The summed E-state index contributed by atoms with van der Waals surface area (Å²) < 4.78 is 6.60. The van der Waals surface area contributed by atoms with E-state index in [0.29, 0.717) is 5.89 Å². The number of rotatable bonds is 5. The van der Waals surface area contributed by atoms with Crippen molar-refractivity contribution in [1.82, 2.24) is 4.98 Å². The van der Waals surface area contributed by atoms with Gasteiger partial charge in [0.15, 0.2) is 5.58 Å². The van der Waals surface area contributed by atoms with Crippen LogP contribution in [0, 0.1) is 0 Å². The van der Waals surface area contributed by atoms with E-state index in [2.05, 4.69) is 145 Å². The topological polar surface area (TPSA) is 38.4 Å². The van der Waals surface area contributed by atoms with E-state index in [1.807, 2.05) is 30.5 Å². The van der Waals surface area contributed by atoms with Crippen LogP contribution >= 0.6 is 0 Å². The molecule has 0 aliphatic heterocycles. The summed E-state index contributed by atoms with van der Waals surface area (Å²) in [5.74, 6) is 0.562. The highest BCUT2D eigenvalue weighted by Gasteiger charge is 2.22. The van der Waals surface area contributed by atoms with Gasteiger partial charge in [-0.15, -0.1) is 0 Å². The number of para-hydroxylation sites is 1. The average molecular weight is 613 g/mol. The van der Waals surface area contributed by atoms with Gasteiger partial charge in [0, 0.05) is 17.3 Å². The van der Waals surface area contributed by atoms with Crippen LogP contribution in [0.3, 0.4) is 0 Å². The van der Waals surface area contributed by atoms with Gasteiger partial charge in [-0.05, 0) is 79.8 Å². The minimum Gasteiger partial charge on any atom is -0.436 e. The van der Waals surface area contributed by atoms with E-state index in [1.54, 1.807) is 0 Å². The van der Waals surface area contributed by atoms with Crippen molar-refractivity contribution >= 4 is 33.8 Å². The molecule has 0 saturated carbocycles. The fraction of sp³-hybridized carbons (Fsp3) is 0.182. The van der Waals surface area contributed by atoms with Gasteiger partial charge in [-0.25, -0.2) is 4.98 Å². The monoisotopic (exact) mass is 612 g/mol. The maximum absolute atomic E-state index is 6.60. The molecule has 1 heterocycles. The summed E-state index contributed by atoms with van der Waals surface area (Å²) in [6, 6.07) is 44.8. The third-order valence-electron chi connectivity index (χ3n) is 8.90. The van der Waals surface area contributed by atoms with E-state index in [0.717, 1.165) is 39.0 Å². The Morgan fingerprint density at radius 1 is 0.574 bits per heavy atom. The molecule has 0 radical (unpaired) electrons. The molecule has 232 valence electrons. The van der Waals surface area contributed by atoms with Crippen molar-refractivity contribution in [2.24, 2.45) is 4.99 Å². The lowest BCUT2D eigenvalue weighted by molar-refractivity contribution is 0.584. The minimum atomic E-state index is -0.0742. The molecule has 0 aliphatic carbocycles. The van der Waals surface area contributed by atoms with Gasteiger partial charge in [0.05, 0.1) is 11.3 Å². The van der Waals surface area contributed by atoms with Crippen LogP contribution in [0.2, 0.25) is 0 Å². The van der Waals surface area contributed by atoms with Gasteiger partial charge in [-0.2, -0.15) is 0 Å². The zero-order chi connectivity index (χ0) is 32.8. The third kappa shape index (κ3) is 6.14. The van der Waals surface area contributed by atoms with Gasteiger partial charge in [0.1, 0.15) is 5.52 Å². The molecule has 7 aromatic rings. The summed E-state index contributed by atoms with van der Waals surface area (Å²) in [4.78, 5) is 10.1. The van der Waals surface area contributed by atoms with Gasteiger partial charge in [-0.1, -0.05) is 139 Å². The lowest BCUT2D eigenvalue weighted by atomic mass is 9.84. The number of hydrogen-bond donors (Lipinski definition) is 0. The summed E-state index contributed by atoms with van der Waals surface area (Å²) in [5, 5.41) is 2.36. The number of oxazole rings is 1. The Morgan fingerprint density at radius 2 is 1.23 bits per heavy atom. The van der Waals surface area contributed by atoms with Crippen LogP contribution in [0.15, 0.2) is 137 Å². The number of fused-ring (bicyclic) bond motifs is 2. The highest BCUT2D eigenvalue weighted by atomic mass is 16.3. The Morgan fingerprint density at radius 3 is 2.04 bits per heavy atom. The van der Waals surface area contributed by atoms with Crippen molar-refractivity contribution in [2.45, 2.75) is 52.4 Å². The first-order valence-corrected chi connectivity index (χ1v) is 16.3. The Balaban J connectivity index is 1.34. The fourth-order valence-corrected chi connectivity index (χ4v) is 6.10. The quantitative estimate of drug-likeness (QED) is 0.181. The number of aromatic nitrogens is 1. The van der Waals surface area contributed by atoms with E-state index < -0.39 is 0 Å². The third-order valence-corrected chi connectivity index (χ3v) is 8.90. The number of aliphatic imine (C=N–C) groups is 1. The lowest BCUT2D eigenvalue weighted by Gasteiger charge is -2.20. The van der Waals surface area contributed by atoms with E-state index in [1.165, 1.54) is 33.0 Å². The van der Waals surface area contributed by atoms with Crippen LogP contribution in [0.25, 0.3) is 55.6 Å². The molecule has 6 aromatic carbocycles. The highest BCUT2D eigenvalue weighted by Crippen LogP contribution is 2.40. The predicted octanol–water partition coefficient (Wildman–Crippen LogP) is 12.3. The van der Waals surface area contributed by atoms with Crippen LogP contribution in [-0.2, 0) is 10.8 Å². The van der Waals surface area contributed by atoms with Crippen molar-refractivity contribution in [2.75, 3.05) is 0 Å². The molecule has 0 fully saturated rings. The molecule has 47 heavy (non-hydrogen) atoms. The van der Waals surface area contributed by atoms with Crippen LogP contribution < -0.4 is 0 Å². The van der Waals surface area contributed by atoms with Gasteiger partial charge in [-0.3, -0.25) is 4.99 Å². The Bertz CT molecular complexity index is 2270. The predicted molar refractivity (Wildman–Crippen MR) is 199 cm³/mol. The SMILES string of the molecule is CC(C)(C)c1cccc(-c2cccc(-c3cc(C(C)(C)C)cc4oc(-c5ccccc5N=Cc5cccc6ccccc56)nc34)c2)c1. The van der Waals surface area contributed by atoms with Crippen molar-refractivity contribution in [3.05, 3.63) is 144 Å². The van der Waals surface area contributed by atoms with E-state index in [9.17, 15) is 0 Å². The molecule has 1 aromatic heterocycles. The summed E-state index contributed by atoms with van der Waals surface area (Å²) in [7, 11) is 0. The van der Waals surface area contributed by atoms with Crippen LogP contribution in [0.5, 0.6) is 0 Å². The fourth-order valence-electron chi connectivity index (χ4n) is 6.10. The molecule has 0 saturated heterocycles. The maximum atomic E-state index is 6.60. The van der Waals surface area contributed by atoms with Crippen molar-refractivity contribution < 1.29 is 4.42 Å². The van der Waals surface area contributed by atoms with Crippen LogP contribution in [0.1, 0.15) is 58.2 Å². The van der Waals surface area contributed by atoms with Crippen molar-refractivity contribution in [3.8, 4) is 33.7 Å². The first-order valence-electron chi connectivity index (χ1n) is 16.3. The minimum absolute atomic E-state index is 0.0742. The molecule has 7 rings (SSSR count). The lowest BCUT2D eigenvalue weighted by Crippen LogP contribution is -2.11. The molecule has 0 unspecified atom stereocenters. The Kier molecular flexibility index (Phi) is 7.64. The number of benzene rings is 6. The molecule has 0 atom stereocenters. The number of nitrogens with zero attached hydrogens (tertiary/aromatic N) is 2. The van der Waals surface area contributed by atoms with Gasteiger partial charge < -0.3 is 4.42 Å². The zero-order valence-electron chi connectivity index (χ0n) is 28.0. The van der Waals surface area contributed by atoms with E-state index >= 15 is 0 Å². The zero-order valence-corrected chi connectivity index (χ0v) is 28.0. The summed E-state index contributed by atoms with van der Waals surface area (Å²) in [6.07, 6.45) is 1.94. The van der Waals surface area contributed by atoms with E-state index in [4.69, 9.17) is 14.4 Å². The second-order valence-electron chi connectivity index (χ2n) is 14.4. The van der Waals surface area contributed by atoms with Crippen LogP contribution in [0.4, 0.5) is 5.69 Å². The summed E-state index contributed by atoms with van der Waals surface area (Å²) in [6.45, 7) is 13.5. The Hall–Kier alpha value is -5.28. The smallest absolute Gasteiger partial charge is 0.229 e. The molecular formula is C44H40N2O. The van der Waals surface area contributed by atoms with Crippen molar-refractivity contribution in [3.63, 3.8) is 0 Å². The standard InChI is InChI=1S/C44H40N2O/c1-43(2,3)34-20-13-17-31(25-34)30-16-12-18-32(24-30)38-26-35(44(4,5)6)27-40-41(38)46-42(47-40)37-22-9-10-23-39(37)45-28-33-19-11-15-29-14-7-8-21-36(29)33/h7-28H,1-6H3. The molecular weight excluding hydrogens is 572 g/mol. The number of hydrogen-bond acceptors (Lipinski definition) is 3. The summed E-state index contributed by atoms with van der Waals surface area (Å²) in [5.41, 5.74) is 11.4. The molecule has 3 heteroatoms. The molecule has 0 spiro atoms. The van der Waals surface area contributed by atoms with Crippen LogP contribution in [-0.4, -0.2) is 11.2 Å². The second kappa shape index (κ2) is 11.8. The maximum Gasteiger partial charge on any atom is 0.229 e. The summed E-state index contributed by atoms with van der Waals surface area (Å²) >= 11 is 0. The molecule has 0 N–H and O–H groups in total. The van der Waals surface area contributed by atoms with E-state index in [-0.39, 0.29) is 10.8 Å². The van der Waals surface area contributed by atoms with Gasteiger partial charge in [0.2, 0.25) is 5.89 Å². The molecule has 0 aliphatic rings. The van der Waals surface area contributed by atoms with Crippen molar-refractivity contribution in [1.29, 1.82) is 0 Å². The molecule has 0 bridgehead atoms. The first-order chi connectivity index (χ1) is 22.5. The Labute approximate surface area is 277 Å². The largest absolute Gasteiger partial charge is 0.436 e. The van der Waals surface area contributed by atoms with Gasteiger partial charge in [0.25, 0.3) is 0 Å². The molecule has 3 nitrogen and oxygen atoms in total.